The quantitative estimate of drug-likeness (QED) is 0.702. The van der Waals surface area contributed by atoms with Gasteiger partial charge in [-0.15, -0.1) is 0 Å². The molecule has 142 valence electrons. The SMILES string of the molecule is Cc1ccc(NC(=O)CN(C)[C@@H](C)C(=O)NCCC2=CCCCC2)cc1. The molecule has 0 aliphatic heterocycles. The summed E-state index contributed by atoms with van der Waals surface area (Å²) in [5.41, 5.74) is 3.37. The maximum atomic E-state index is 12.3. The molecule has 0 saturated heterocycles. The summed E-state index contributed by atoms with van der Waals surface area (Å²) in [6, 6.07) is 7.32. The summed E-state index contributed by atoms with van der Waals surface area (Å²) in [7, 11) is 1.79. The molecule has 0 heterocycles. The first-order valence-corrected chi connectivity index (χ1v) is 9.48. The molecule has 1 aromatic rings. The van der Waals surface area contributed by atoms with Crippen molar-refractivity contribution < 1.29 is 9.59 Å². The molecule has 5 nitrogen and oxygen atoms in total. The molecular formula is C21H31N3O2. The van der Waals surface area contributed by atoms with Gasteiger partial charge >= 0.3 is 0 Å². The molecular weight excluding hydrogens is 326 g/mol. The maximum Gasteiger partial charge on any atom is 0.238 e. The highest BCUT2D eigenvalue weighted by atomic mass is 16.2. The normalized spacial score (nSPS) is 15.3. The minimum atomic E-state index is -0.348. The fourth-order valence-electron chi connectivity index (χ4n) is 3.03. The molecule has 0 aromatic heterocycles. The number of aryl methyl sites for hydroxylation is 1. The van der Waals surface area contributed by atoms with Crippen LogP contribution in [0.15, 0.2) is 35.9 Å². The highest BCUT2D eigenvalue weighted by molar-refractivity contribution is 5.92. The lowest BCUT2D eigenvalue weighted by molar-refractivity contribution is -0.126. The van der Waals surface area contributed by atoms with E-state index in [9.17, 15) is 9.59 Å². The lowest BCUT2D eigenvalue weighted by Crippen LogP contribution is -2.46. The number of carbonyl (C=O) groups is 2. The van der Waals surface area contributed by atoms with Gasteiger partial charge in [0, 0.05) is 12.2 Å². The average molecular weight is 357 g/mol. The van der Waals surface area contributed by atoms with Crippen molar-refractivity contribution in [2.75, 3.05) is 25.5 Å². The third-order valence-corrected chi connectivity index (χ3v) is 4.90. The summed E-state index contributed by atoms with van der Waals surface area (Å²) < 4.78 is 0. The van der Waals surface area contributed by atoms with Crippen molar-refractivity contribution >= 4 is 17.5 Å². The molecule has 0 bridgehead atoms. The molecule has 2 N–H and O–H groups in total. The molecule has 1 aliphatic rings. The topological polar surface area (TPSA) is 61.4 Å². The molecule has 1 aliphatic carbocycles. The molecule has 0 radical (unpaired) electrons. The number of nitrogens with one attached hydrogen (secondary N) is 2. The van der Waals surface area contributed by atoms with Gasteiger partial charge in [-0.2, -0.15) is 0 Å². The van der Waals surface area contributed by atoms with Crippen molar-refractivity contribution in [2.45, 2.75) is 52.0 Å². The van der Waals surface area contributed by atoms with Gasteiger partial charge in [0.2, 0.25) is 11.8 Å². The number of amides is 2. The third kappa shape index (κ3) is 6.64. The van der Waals surface area contributed by atoms with Gasteiger partial charge in [-0.25, -0.2) is 0 Å². The number of allylic oxidation sites excluding steroid dienone is 1. The number of nitrogens with zero attached hydrogens (tertiary/aromatic N) is 1. The number of carbonyl (C=O) groups excluding carboxylic acids is 2. The number of anilines is 1. The molecule has 0 unspecified atom stereocenters. The molecule has 0 fully saturated rings. The molecule has 1 atom stereocenters. The molecule has 26 heavy (non-hydrogen) atoms. The van der Waals surface area contributed by atoms with E-state index in [0.29, 0.717) is 6.54 Å². The summed E-state index contributed by atoms with van der Waals surface area (Å²) >= 11 is 0. The summed E-state index contributed by atoms with van der Waals surface area (Å²) in [5.74, 6) is -0.157. The average Bonchev–Trinajstić information content (AvgIpc) is 2.63. The smallest absolute Gasteiger partial charge is 0.238 e. The molecule has 2 amide bonds. The standard InChI is InChI=1S/C21H31N3O2/c1-16-9-11-19(12-10-16)23-20(25)15-24(3)17(2)21(26)22-14-13-18-7-5-4-6-8-18/h7,9-12,17H,4-6,8,13-15H2,1-3H3,(H,22,26)(H,23,25)/t17-/m0/s1. The van der Waals surface area contributed by atoms with Crippen LogP contribution in [0.25, 0.3) is 0 Å². The van der Waals surface area contributed by atoms with Crippen LogP contribution in [0, 0.1) is 6.92 Å². The third-order valence-electron chi connectivity index (χ3n) is 4.90. The van der Waals surface area contributed by atoms with Crippen molar-refractivity contribution in [2.24, 2.45) is 0 Å². The van der Waals surface area contributed by atoms with E-state index < -0.39 is 0 Å². The number of rotatable bonds is 8. The predicted molar refractivity (Wildman–Crippen MR) is 106 cm³/mol. The van der Waals surface area contributed by atoms with E-state index in [1.54, 1.807) is 11.9 Å². The monoisotopic (exact) mass is 357 g/mol. The molecule has 0 spiro atoms. The second-order valence-electron chi connectivity index (χ2n) is 7.15. The summed E-state index contributed by atoms with van der Waals surface area (Å²) in [4.78, 5) is 26.2. The highest BCUT2D eigenvalue weighted by Crippen LogP contribution is 2.19. The van der Waals surface area contributed by atoms with Gasteiger partial charge in [-0.1, -0.05) is 29.3 Å². The lowest BCUT2D eigenvalue weighted by atomic mass is 9.97. The van der Waals surface area contributed by atoms with Gasteiger partial charge < -0.3 is 10.6 Å². The maximum absolute atomic E-state index is 12.3. The van der Waals surface area contributed by atoms with Gasteiger partial charge in [0.05, 0.1) is 12.6 Å². The van der Waals surface area contributed by atoms with Crippen molar-refractivity contribution in [1.29, 1.82) is 0 Å². The Hall–Kier alpha value is -2.14. The van der Waals surface area contributed by atoms with Crippen LogP contribution in [0.5, 0.6) is 0 Å². The Bertz CT molecular complexity index is 637. The minimum Gasteiger partial charge on any atom is -0.354 e. The number of benzene rings is 1. The number of hydrogen-bond donors (Lipinski definition) is 2. The second-order valence-corrected chi connectivity index (χ2v) is 7.15. The van der Waals surface area contributed by atoms with E-state index in [-0.39, 0.29) is 24.4 Å². The predicted octanol–water partition coefficient (Wildman–Crippen LogP) is 3.26. The number of likely N-dealkylation sites (N-methyl/N-ethyl adjacent to an activating group) is 1. The van der Waals surface area contributed by atoms with E-state index in [1.807, 2.05) is 38.1 Å². The van der Waals surface area contributed by atoms with Crippen LogP contribution in [0.2, 0.25) is 0 Å². The van der Waals surface area contributed by atoms with Crippen molar-refractivity contribution in [3.05, 3.63) is 41.5 Å². The fourth-order valence-corrected chi connectivity index (χ4v) is 3.03. The lowest BCUT2D eigenvalue weighted by Gasteiger charge is -2.23. The first kappa shape index (κ1) is 20.2. The Balaban J connectivity index is 1.71. The van der Waals surface area contributed by atoms with Gasteiger partial charge in [0.25, 0.3) is 0 Å². The van der Waals surface area contributed by atoms with Crippen LogP contribution >= 0.6 is 0 Å². The van der Waals surface area contributed by atoms with E-state index in [1.165, 1.54) is 24.8 Å². The van der Waals surface area contributed by atoms with Gasteiger partial charge in [-0.05, 0) is 65.1 Å². The highest BCUT2D eigenvalue weighted by Gasteiger charge is 2.20. The van der Waals surface area contributed by atoms with Crippen LogP contribution in [0.4, 0.5) is 5.69 Å². The van der Waals surface area contributed by atoms with E-state index >= 15 is 0 Å². The van der Waals surface area contributed by atoms with Crippen molar-refractivity contribution in [3.8, 4) is 0 Å². The summed E-state index contributed by atoms with van der Waals surface area (Å²) in [6.45, 7) is 4.67. The Labute approximate surface area is 156 Å². The van der Waals surface area contributed by atoms with E-state index in [2.05, 4.69) is 16.7 Å². The van der Waals surface area contributed by atoms with E-state index in [0.717, 1.165) is 24.1 Å². The van der Waals surface area contributed by atoms with Gasteiger partial charge in [0.1, 0.15) is 0 Å². The van der Waals surface area contributed by atoms with E-state index in [4.69, 9.17) is 0 Å². The zero-order valence-electron chi connectivity index (χ0n) is 16.2. The molecule has 1 aromatic carbocycles. The van der Waals surface area contributed by atoms with Crippen LogP contribution in [0.3, 0.4) is 0 Å². The van der Waals surface area contributed by atoms with Crippen molar-refractivity contribution in [3.63, 3.8) is 0 Å². The molecule has 0 saturated carbocycles. The van der Waals surface area contributed by atoms with Gasteiger partial charge in [-0.3, -0.25) is 14.5 Å². The van der Waals surface area contributed by atoms with Crippen LogP contribution in [-0.2, 0) is 9.59 Å². The Morgan fingerprint density at radius 1 is 1.19 bits per heavy atom. The zero-order valence-corrected chi connectivity index (χ0v) is 16.2. The second kappa shape index (κ2) is 10.1. The van der Waals surface area contributed by atoms with Crippen LogP contribution in [-0.4, -0.2) is 42.9 Å². The molecule has 5 heteroatoms. The Morgan fingerprint density at radius 3 is 2.58 bits per heavy atom. The summed E-state index contributed by atoms with van der Waals surface area (Å²) in [6.07, 6.45) is 8.09. The Morgan fingerprint density at radius 2 is 1.92 bits per heavy atom. The van der Waals surface area contributed by atoms with Crippen LogP contribution < -0.4 is 10.6 Å². The first-order chi connectivity index (χ1) is 12.5. The summed E-state index contributed by atoms with van der Waals surface area (Å²) in [5, 5.41) is 5.85. The molecule has 2 rings (SSSR count). The minimum absolute atomic E-state index is 0.0351. The largest absolute Gasteiger partial charge is 0.354 e. The number of hydrogen-bond acceptors (Lipinski definition) is 3. The fraction of sp³-hybridized carbons (Fsp3) is 0.524. The zero-order chi connectivity index (χ0) is 18.9. The Kier molecular flexibility index (Phi) is 7.85. The van der Waals surface area contributed by atoms with Gasteiger partial charge in [0.15, 0.2) is 0 Å². The van der Waals surface area contributed by atoms with Crippen molar-refractivity contribution in [1.82, 2.24) is 10.2 Å². The first-order valence-electron chi connectivity index (χ1n) is 9.48. The van der Waals surface area contributed by atoms with Crippen LogP contribution in [0.1, 0.15) is 44.6 Å².